The monoisotopic (exact) mass is 307 g/mol. The fraction of sp³-hybridized carbons (Fsp3) is 0.250. The van der Waals surface area contributed by atoms with Gasteiger partial charge in [-0.3, -0.25) is 4.79 Å². The highest BCUT2D eigenvalue weighted by molar-refractivity contribution is 5.94. The smallest absolute Gasteiger partial charge is 0.307 e. The van der Waals surface area contributed by atoms with Crippen molar-refractivity contribution in [1.29, 1.82) is 0 Å². The van der Waals surface area contributed by atoms with Crippen molar-refractivity contribution in [2.45, 2.75) is 33.6 Å². The van der Waals surface area contributed by atoms with Gasteiger partial charge >= 0.3 is 5.97 Å². The lowest BCUT2D eigenvalue weighted by molar-refractivity contribution is -0.136. The van der Waals surface area contributed by atoms with Crippen LogP contribution in [0.1, 0.15) is 29.2 Å². The molecule has 0 radical (unpaired) electrons. The van der Waals surface area contributed by atoms with Gasteiger partial charge in [-0.05, 0) is 55.2 Å². The van der Waals surface area contributed by atoms with E-state index in [2.05, 4.69) is 56.1 Å². The van der Waals surface area contributed by atoms with Crippen LogP contribution in [0.3, 0.4) is 0 Å². The third-order valence-corrected chi connectivity index (χ3v) is 4.37. The molecule has 0 aliphatic rings. The summed E-state index contributed by atoms with van der Waals surface area (Å²) in [5, 5.41) is 10.4. The molecule has 0 aliphatic carbocycles. The summed E-state index contributed by atoms with van der Waals surface area (Å²) < 4.78 is 0. The average Bonchev–Trinajstić information content (AvgIpc) is 2.86. The predicted molar refractivity (Wildman–Crippen MR) is 93.9 cm³/mol. The molecule has 0 bridgehead atoms. The summed E-state index contributed by atoms with van der Waals surface area (Å²) >= 11 is 0. The van der Waals surface area contributed by atoms with E-state index in [9.17, 15) is 9.90 Å². The largest absolute Gasteiger partial charge is 0.481 e. The number of rotatable bonds is 4. The molecule has 1 heterocycles. The molecule has 0 atom stereocenters. The fourth-order valence-corrected chi connectivity index (χ4v) is 3.08. The zero-order valence-electron chi connectivity index (χ0n) is 13.7. The Morgan fingerprint density at radius 1 is 1.13 bits per heavy atom. The number of carboxylic acid groups (broad SMARTS) is 1. The van der Waals surface area contributed by atoms with Crippen molar-refractivity contribution in [1.82, 2.24) is 4.98 Å². The molecule has 0 aliphatic heterocycles. The van der Waals surface area contributed by atoms with E-state index >= 15 is 0 Å². The number of benzene rings is 2. The maximum atomic E-state index is 11.4. The number of nitrogens with one attached hydrogen (secondary N) is 1. The number of H-pyrrole nitrogens is 1. The molecule has 0 saturated heterocycles. The van der Waals surface area contributed by atoms with Crippen LogP contribution in [0, 0.1) is 13.8 Å². The molecule has 0 fully saturated rings. The van der Waals surface area contributed by atoms with Gasteiger partial charge in [-0.25, -0.2) is 0 Å². The number of aromatic amines is 1. The Kier molecular flexibility index (Phi) is 3.95. The molecule has 0 saturated carbocycles. The van der Waals surface area contributed by atoms with Crippen molar-refractivity contribution in [3.8, 4) is 11.3 Å². The SMILES string of the molecule is CCc1ccc2[nH]c(-c3cc(C)ccc3C)c(CC(=O)O)c2c1. The van der Waals surface area contributed by atoms with Gasteiger partial charge in [0.1, 0.15) is 0 Å². The van der Waals surface area contributed by atoms with E-state index in [1.54, 1.807) is 0 Å². The summed E-state index contributed by atoms with van der Waals surface area (Å²) in [5.41, 5.74) is 7.40. The van der Waals surface area contributed by atoms with Crippen LogP contribution >= 0.6 is 0 Å². The van der Waals surface area contributed by atoms with Crippen LogP contribution in [0.25, 0.3) is 22.2 Å². The van der Waals surface area contributed by atoms with Gasteiger partial charge in [-0.1, -0.05) is 30.7 Å². The maximum absolute atomic E-state index is 11.4. The zero-order chi connectivity index (χ0) is 16.6. The summed E-state index contributed by atoms with van der Waals surface area (Å²) in [7, 11) is 0. The molecule has 3 heteroatoms. The van der Waals surface area contributed by atoms with Gasteiger partial charge in [-0.2, -0.15) is 0 Å². The van der Waals surface area contributed by atoms with Crippen LogP contribution in [0.4, 0.5) is 0 Å². The molecule has 2 N–H and O–H groups in total. The second kappa shape index (κ2) is 5.92. The number of aryl methyl sites for hydroxylation is 3. The molecule has 23 heavy (non-hydrogen) atoms. The van der Waals surface area contributed by atoms with Crippen LogP contribution < -0.4 is 0 Å². The third kappa shape index (κ3) is 2.87. The van der Waals surface area contributed by atoms with Gasteiger partial charge in [-0.15, -0.1) is 0 Å². The number of fused-ring (bicyclic) bond motifs is 1. The van der Waals surface area contributed by atoms with Crippen LogP contribution in [-0.4, -0.2) is 16.1 Å². The summed E-state index contributed by atoms with van der Waals surface area (Å²) in [6, 6.07) is 12.5. The Labute approximate surface area is 136 Å². The Hall–Kier alpha value is -2.55. The quantitative estimate of drug-likeness (QED) is 0.737. The first-order valence-corrected chi connectivity index (χ1v) is 7.92. The number of carboxylic acids is 1. The van der Waals surface area contributed by atoms with Crippen molar-refractivity contribution in [2.24, 2.45) is 0 Å². The lowest BCUT2D eigenvalue weighted by Crippen LogP contribution is -2.01. The highest BCUT2D eigenvalue weighted by Crippen LogP contribution is 2.33. The summed E-state index contributed by atoms with van der Waals surface area (Å²) in [5.74, 6) is -0.806. The predicted octanol–water partition coefficient (Wildman–Crippen LogP) is 4.64. The normalized spacial score (nSPS) is 11.1. The van der Waals surface area contributed by atoms with E-state index in [-0.39, 0.29) is 6.42 Å². The molecule has 3 aromatic rings. The average molecular weight is 307 g/mol. The van der Waals surface area contributed by atoms with Gasteiger partial charge in [0.25, 0.3) is 0 Å². The first-order chi connectivity index (χ1) is 11.0. The minimum Gasteiger partial charge on any atom is -0.481 e. The van der Waals surface area contributed by atoms with Crippen molar-refractivity contribution >= 4 is 16.9 Å². The second-order valence-corrected chi connectivity index (χ2v) is 6.10. The molecule has 3 rings (SSSR count). The summed E-state index contributed by atoms with van der Waals surface area (Å²) in [6.07, 6.45) is 0.961. The highest BCUT2D eigenvalue weighted by Gasteiger charge is 2.17. The lowest BCUT2D eigenvalue weighted by atomic mass is 9.97. The molecule has 0 spiro atoms. The van der Waals surface area contributed by atoms with Gasteiger partial charge in [0.05, 0.1) is 12.1 Å². The van der Waals surface area contributed by atoms with Gasteiger partial charge < -0.3 is 10.1 Å². The highest BCUT2D eigenvalue weighted by atomic mass is 16.4. The lowest BCUT2D eigenvalue weighted by Gasteiger charge is -2.08. The first kappa shape index (κ1) is 15.3. The number of aromatic nitrogens is 1. The zero-order valence-corrected chi connectivity index (χ0v) is 13.7. The van der Waals surface area contributed by atoms with Gasteiger partial charge in [0.15, 0.2) is 0 Å². The first-order valence-electron chi connectivity index (χ1n) is 7.92. The second-order valence-electron chi connectivity index (χ2n) is 6.10. The Morgan fingerprint density at radius 2 is 1.91 bits per heavy atom. The van der Waals surface area contributed by atoms with Gasteiger partial charge in [0, 0.05) is 16.5 Å². The molecule has 0 amide bonds. The van der Waals surface area contributed by atoms with Crippen molar-refractivity contribution in [2.75, 3.05) is 0 Å². The molecule has 0 unspecified atom stereocenters. The maximum Gasteiger partial charge on any atom is 0.307 e. The van der Waals surface area contributed by atoms with Crippen LogP contribution in [0.2, 0.25) is 0 Å². The van der Waals surface area contributed by atoms with Crippen molar-refractivity contribution < 1.29 is 9.90 Å². The number of hydrogen-bond donors (Lipinski definition) is 2. The molecule has 118 valence electrons. The minimum atomic E-state index is -0.806. The Morgan fingerprint density at radius 3 is 2.61 bits per heavy atom. The standard InChI is InChI=1S/C20H21NO2/c1-4-14-7-8-18-16(10-14)17(11-19(22)23)20(21-18)15-9-12(2)5-6-13(15)3/h5-10,21H,4,11H2,1-3H3,(H,22,23). The van der Waals surface area contributed by atoms with Crippen molar-refractivity contribution in [3.63, 3.8) is 0 Å². The van der Waals surface area contributed by atoms with E-state index in [0.717, 1.165) is 39.7 Å². The number of hydrogen-bond acceptors (Lipinski definition) is 1. The number of aliphatic carboxylic acids is 1. The van der Waals surface area contributed by atoms with E-state index in [1.165, 1.54) is 11.1 Å². The van der Waals surface area contributed by atoms with E-state index in [4.69, 9.17) is 0 Å². The Bertz CT molecular complexity index is 890. The van der Waals surface area contributed by atoms with Gasteiger partial charge in [0.2, 0.25) is 0 Å². The molecular weight excluding hydrogens is 286 g/mol. The van der Waals surface area contributed by atoms with Crippen LogP contribution in [0.15, 0.2) is 36.4 Å². The Balaban J connectivity index is 2.30. The molecule has 1 aromatic heterocycles. The van der Waals surface area contributed by atoms with Crippen molar-refractivity contribution in [3.05, 3.63) is 58.7 Å². The topological polar surface area (TPSA) is 53.1 Å². The summed E-state index contributed by atoms with van der Waals surface area (Å²) in [6.45, 7) is 6.22. The van der Waals surface area contributed by atoms with E-state index in [1.807, 2.05) is 6.07 Å². The van der Waals surface area contributed by atoms with Crippen LogP contribution in [0.5, 0.6) is 0 Å². The molecular formula is C20H21NO2. The minimum absolute atomic E-state index is 0.0237. The number of carbonyl (C=O) groups is 1. The molecule has 3 nitrogen and oxygen atoms in total. The van der Waals surface area contributed by atoms with Crippen LogP contribution in [-0.2, 0) is 17.6 Å². The summed E-state index contributed by atoms with van der Waals surface area (Å²) in [4.78, 5) is 14.8. The fourth-order valence-electron chi connectivity index (χ4n) is 3.08. The third-order valence-electron chi connectivity index (χ3n) is 4.37. The molecule has 2 aromatic carbocycles. The van der Waals surface area contributed by atoms with E-state index in [0.29, 0.717) is 0 Å². The van der Waals surface area contributed by atoms with E-state index < -0.39 is 5.97 Å².